The van der Waals surface area contributed by atoms with Crippen molar-refractivity contribution in [3.8, 4) is 17.2 Å². The lowest BCUT2D eigenvalue weighted by Gasteiger charge is -2.24. The van der Waals surface area contributed by atoms with Gasteiger partial charge in [0.2, 0.25) is 0 Å². The fourth-order valence-corrected chi connectivity index (χ4v) is 2.90. The number of hydrazine groups is 1. The minimum Gasteiger partial charge on any atom is -0.508 e. The molecule has 1 heterocycles. The molecule has 1 fully saturated rings. The molecule has 1 aliphatic rings. The Morgan fingerprint density at radius 2 is 1.77 bits per heavy atom. The molecule has 22 heavy (non-hydrogen) atoms. The third-order valence-corrected chi connectivity index (χ3v) is 3.96. The molecule has 116 valence electrons. The molecule has 0 radical (unpaired) electrons. The van der Waals surface area contributed by atoms with Gasteiger partial charge < -0.3 is 14.9 Å². The normalized spacial score (nSPS) is 24.4. The van der Waals surface area contributed by atoms with Gasteiger partial charge in [-0.1, -0.05) is 18.2 Å². The zero-order valence-electron chi connectivity index (χ0n) is 12.6. The lowest BCUT2D eigenvalue weighted by Crippen LogP contribution is -2.33. The number of rotatable bonds is 3. The number of aryl methyl sites for hydroxylation is 1. The Morgan fingerprint density at radius 1 is 1.05 bits per heavy atom. The van der Waals surface area contributed by atoms with Crippen LogP contribution in [0.5, 0.6) is 17.2 Å². The molecule has 0 bridgehead atoms. The van der Waals surface area contributed by atoms with E-state index in [4.69, 9.17) is 4.74 Å². The lowest BCUT2D eigenvalue weighted by atomic mass is 9.94. The first-order valence-corrected chi connectivity index (χ1v) is 7.31. The first-order valence-electron chi connectivity index (χ1n) is 7.31. The average molecular weight is 300 g/mol. The summed E-state index contributed by atoms with van der Waals surface area (Å²) in [6.07, 6.45) is -0.184. The molecule has 0 spiro atoms. The minimum absolute atomic E-state index is 0.0540. The summed E-state index contributed by atoms with van der Waals surface area (Å²) in [5, 5.41) is 19.8. The number of nitrogens with one attached hydrogen (secondary N) is 2. The van der Waals surface area contributed by atoms with Gasteiger partial charge in [0.25, 0.3) is 0 Å². The van der Waals surface area contributed by atoms with Gasteiger partial charge in [0, 0.05) is 11.6 Å². The van der Waals surface area contributed by atoms with E-state index in [9.17, 15) is 10.2 Å². The number of benzene rings is 2. The second-order valence-electron chi connectivity index (χ2n) is 5.65. The van der Waals surface area contributed by atoms with Crippen LogP contribution >= 0.6 is 0 Å². The second kappa shape index (κ2) is 5.87. The summed E-state index contributed by atoms with van der Waals surface area (Å²) in [7, 11) is 0. The first-order chi connectivity index (χ1) is 10.6. The number of phenols is 2. The fraction of sp³-hybridized carbons (Fsp3) is 0.294. The molecule has 3 atom stereocenters. The van der Waals surface area contributed by atoms with Crippen LogP contribution in [-0.2, 0) is 0 Å². The third kappa shape index (κ3) is 2.73. The van der Waals surface area contributed by atoms with E-state index in [0.29, 0.717) is 0 Å². The van der Waals surface area contributed by atoms with Crippen molar-refractivity contribution < 1.29 is 14.9 Å². The highest BCUT2D eigenvalue weighted by molar-refractivity contribution is 5.47. The van der Waals surface area contributed by atoms with E-state index in [2.05, 4.69) is 10.9 Å². The van der Waals surface area contributed by atoms with Crippen LogP contribution in [0.3, 0.4) is 0 Å². The van der Waals surface area contributed by atoms with Crippen LogP contribution in [0.1, 0.15) is 24.1 Å². The molecule has 5 heteroatoms. The van der Waals surface area contributed by atoms with Crippen molar-refractivity contribution >= 4 is 0 Å². The minimum atomic E-state index is -0.212. The molecule has 3 rings (SSSR count). The van der Waals surface area contributed by atoms with Crippen molar-refractivity contribution in [3.05, 3.63) is 53.6 Å². The molecular weight excluding hydrogens is 280 g/mol. The maximum Gasteiger partial charge on any atom is 0.136 e. The van der Waals surface area contributed by atoms with Gasteiger partial charge in [-0.25, -0.2) is 5.43 Å². The van der Waals surface area contributed by atoms with Crippen molar-refractivity contribution in [1.82, 2.24) is 10.9 Å². The van der Waals surface area contributed by atoms with Crippen molar-refractivity contribution in [2.75, 3.05) is 0 Å². The molecule has 1 saturated heterocycles. The Bertz CT molecular complexity index is 637. The smallest absolute Gasteiger partial charge is 0.136 e. The Kier molecular flexibility index (Phi) is 3.92. The molecule has 2 aromatic carbocycles. The Morgan fingerprint density at radius 3 is 2.45 bits per heavy atom. The van der Waals surface area contributed by atoms with E-state index >= 15 is 0 Å². The number of aromatic hydroxyl groups is 2. The number of ether oxygens (including phenoxy) is 1. The molecule has 4 N–H and O–H groups in total. The van der Waals surface area contributed by atoms with Gasteiger partial charge in [0.15, 0.2) is 0 Å². The van der Waals surface area contributed by atoms with Crippen LogP contribution in [0, 0.1) is 6.92 Å². The molecule has 0 saturated carbocycles. The highest BCUT2D eigenvalue weighted by atomic mass is 16.5. The van der Waals surface area contributed by atoms with Gasteiger partial charge >= 0.3 is 0 Å². The summed E-state index contributed by atoms with van der Waals surface area (Å²) in [6.45, 7) is 3.88. The largest absolute Gasteiger partial charge is 0.508 e. The van der Waals surface area contributed by atoms with Crippen molar-refractivity contribution in [1.29, 1.82) is 0 Å². The summed E-state index contributed by atoms with van der Waals surface area (Å²) < 4.78 is 6.10. The molecule has 1 aliphatic heterocycles. The van der Waals surface area contributed by atoms with Crippen LogP contribution in [0.15, 0.2) is 42.5 Å². The third-order valence-electron chi connectivity index (χ3n) is 3.96. The number of para-hydroxylation sites is 1. The number of hydrogen-bond donors (Lipinski definition) is 4. The second-order valence-corrected chi connectivity index (χ2v) is 5.65. The monoisotopic (exact) mass is 300 g/mol. The fourth-order valence-electron chi connectivity index (χ4n) is 2.90. The summed E-state index contributed by atoms with van der Waals surface area (Å²) in [4.78, 5) is 0. The Labute approximate surface area is 129 Å². The number of phenolic OH excluding ortho intramolecular Hbond substituents is 2. The molecule has 3 unspecified atom stereocenters. The van der Waals surface area contributed by atoms with Gasteiger partial charge in [0.1, 0.15) is 23.4 Å². The highest BCUT2D eigenvalue weighted by Gasteiger charge is 2.38. The SMILES string of the molecule is Cc1cc(O)cc(O)c1C1NNC(C)C1Oc1ccccc1. The molecule has 0 amide bonds. The molecule has 2 aromatic rings. The van der Waals surface area contributed by atoms with E-state index < -0.39 is 0 Å². The van der Waals surface area contributed by atoms with Crippen LogP contribution in [0.4, 0.5) is 0 Å². The van der Waals surface area contributed by atoms with Gasteiger partial charge in [-0.05, 0) is 37.6 Å². The lowest BCUT2D eigenvalue weighted by molar-refractivity contribution is 0.170. The van der Waals surface area contributed by atoms with Crippen molar-refractivity contribution in [2.24, 2.45) is 0 Å². The van der Waals surface area contributed by atoms with E-state index in [1.54, 1.807) is 6.07 Å². The molecular formula is C17H20N2O3. The van der Waals surface area contributed by atoms with E-state index in [1.165, 1.54) is 6.07 Å². The van der Waals surface area contributed by atoms with Crippen LogP contribution in [0.25, 0.3) is 0 Å². The van der Waals surface area contributed by atoms with E-state index in [0.717, 1.165) is 16.9 Å². The van der Waals surface area contributed by atoms with Crippen molar-refractivity contribution in [3.63, 3.8) is 0 Å². The summed E-state index contributed by atoms with van der Waals surface area (Å²) >= 11 is 0. The van der Waals surface area contributed by atoms with Gasteiger partial charge in [-0.2, -0.15) is 0 Å². The standard InChI is InChI=1S/C17H20N2O3/c1-10-8-12(20)9-14(21)15(10)16-17(11(2)18-19-16)22-13-6-4-3-5-7-13/h3-9,11,16-21H,1-2H3. The van der Waals surface area contributed by atoms with Gasteiger partial charge in [-0.15, -0.1) is 0 Å². The van der Waals surface area contributed by atoms with E-state index in [-0.39, 0.29) is 29.7 Å². The highest BCUT2D eigenvalue weighted by Crippen LogP contribution is 2.36. The average Bonchev–Trinajstić information content (AvgIpc) is 2.81. The summed E-state index contributed by atoms with van der Waals surface area (Å²) in [5.41, 5.74) is 7.88. The summed E-state index contributed by atoms with van der Waals surface area (Å²) in [5.74, 6) is 0.900. The topological polar surface area (TPSA) is 73.8 Å². The molecule has 0 aromatic heterocycles. The zero-order chi connectivity index (χ0) is 15.7. The maximum absolute atomic E-state index is 10.2. The quantitative estimate of drug-likeness (QED) is 0.700. The molecule has 0 aliphatic carbocycles. The van der Waals surface area contributed by atoms with Crippen LogP contribution < -0.4 is 15.6 Å². The van der Waals surface area contributed by atoms with Gasteiger partial charge in [0.05, 0.1) is 12.1 Å². The molecule has 5 nitrogen and oxygen atoms in total. The Balaban J connectivity index is 1.92. The predicted octanol–water partition coefficient (Wildman–Crippen LogP) is 2.39. The van der Waals surface area contributed by atoms with E-state index in [1.807, 2.05) is 44.2 Å². The first kappa shape index (κ1) is 14.7. The van der Waals surface area contributed by atoms with Gasteiger partial charge in [-0.3, -0.25) is 5.43 Å². The van der Waals surface area contributed by atoms with Crippen LogP contribution in [-0.4, -0.2) is 22.4 Å². The maximum atomic E-state index is 10.2. The van der Waals surface area contributed by atoms with Crippen LogP contribution in [0.2, 0.25) is 0 Å². The predicted molar refractivity (Wildman–Crippen MR) is 83.8 cm³/mol. The number of hydrogen-bond acceptors (Lipinski definition) is 5. The zero-order valence-corrected chi connectivity index (χ0v) is 12.6. The van der Waals surface area contributed by atoms with Crippen molar-refractivity contribution in [2.45, 2.75) is 32.0 Å². The summed E-state index contributed by atoms with van der Waals surface area (Å²) in [6, 6.07) is 12.5. The Hall–Kier alpha value is -2.24.